The van der Waals surface area contributed by atoms with Gasteiger partial charge in [-0.3, -0.25) is 0 Å². The van der Waals surface area contributed by atoms with Crippen molar-refractivity contribution in [3.63, 3.8) is 0 Å². The van der Waals surface area contributed by atoms with E-state index in [0.717, 1.165) is 0 Å². The van der Waals surface area contributed by atoms with Crippen LogP contribution >= 0.6 is 22.9 Å². The van der Waals surface area contributed by atoms with E-state index in [1.165, 1.54) is 17.4 Å². The summed E-state index contributed by atoms with van der Waals surface area (Å²) in [6, 6.07) is 8.07. The van der Waals surface area contributed by atoms with E-state index in [-0.39, 0.29) is 11.6 Å². The van der Waals surface area contributed by atoms with Crippen LogP contribution in [0.15, 0.2) is 40.2 Å². The summed E-state index contributed by atoms with van der Waals surface area (Å²) >= 11 is 7.46. The predicted octanol–water partition coefficient (Wildman–Crippen LogP) is 4.44. The van der Waals surface area contributed by atoms with Crippen LogP contribution in [0.25, 0.3) is 21.8 Å². The number of hydrogen-bond acceptors (Lipinski definition) is 4. The van der Waals surface area contributed by atoms with Crippen molar-refractivity contribution in [3.8, 4) is 21.8 Å². The fraction of sp³-hybridized carbons (Fsp3) is 0. The van der Waals surface area contributed by atoms with E-state index in [1.54, 1.807) is 24.3 Å². The second-order valence-electron chi connectivity index (χ2n) is 3.85. The van der Waals surface area contributed by atoms with Gasteiger partial charge in [-0.1, -0.05) is 35.0 Å². The largest absolute Gasteiger partial charge is 0.380 e. The fourth-order valence-electron chi connectivity index (χ4n) is 1.84. The third-order valence-corrected chi connectivity index (χ3v) is 4.03. The van der Waals surface area contributed by atoms with E-state index in [2.05, 4.69) is 5.16 Å². The maximum atomic E-state index is 13.9. The molecular weight excluding hydrogens is 287 g/mol. The second-order valence-corrected chi connectivity index (χ2v) is 5.17. The van der Waals surface area contributed by atoms with Gasteiger partial charge in [0.05, 0.1) is 15.5 Å². The van der Waals surface area contributed by atoms with Crippen LogP contribution in [0.1, 0.15) is 0 Å². The van der Waals surface area contributed by atoms with Gasteiger partial charge in [-0.25, -0.2) is 4.39 Å². The van der Waals surface area contributed by atoms with Gasteiger partial charge in [-0.2, -0.15) is 0 Å². The van der Waals surface area contributed by atoms with Crippen molar-refractivity contribution in [1.82, 2.24) is 5.16 Å². The molecule has 0 aliphatic carbocycles. The zero-order valence-corrected chi connectivity index (χ0v) is 11.1. The van der Waals surface area contributed by atoms with E-state index in [4.69, 9.17) is 21.9 Å². The summed E-state index contributed by atoms with van der Waals surface area (Å²) in [5.41, 5.74) is 6.57. The van der Waals surface area contributed by atoms with Crippen molar-refractivity contribution in [1.29, 1.82) is 0 Å². The minimum absolute atomic E-state index is 0.143. The number of nitrogens with two attached hydrogens (primary N) is 1. The lowest BCUT2D eigenvalue weighted by atomic mass is 10.0. The molecule has 0 amide bonds. The molecule has 2 heterocycles. The van der Waals surface area contributed by atoms with Gasteiger partial charge in [0, 0.05) is 5.56 Å². The summed E-state index contributed by atoms with van der Waals surface area (Å²) in [6.07, 6.45) is 0. The molecule has 0 saturated heterocycles. The van der Waals surface area contributed by atoms with Crippen molar-refractivity contribution in [2.45, 2.75) is 0 Å². The molecule has 2 aromatic heterocycles. The molecule has 0 aliphatic heterocycles. The molecule has 0 bridgehead atoms. The highest BCUT2D eigenvalue weighted by Crippen LogP contribution is 2.42. The minimum Gasteiger partial charge on any atom is -0.380 e. The maximum absolute atomic E-state index is 13.9. The van der Waals surface area contributed by atoms with Crippen LogP contribution in [0.2, 0.25) is 5.02 Å². The lowest BCUT2D eigenvalue weighted by Gasteiger charge is -2.03. The molecule has 0 aliphatic rings. The molecule has 6 heteroatoms. The molecule has 96 valence electrons. The van der Waals surface area contributed by atoms with Crippen LogP contribution in [0.3, 0.4) is 0 Å². The first-order valence-corrected chi connectivity index (χ1v) is 6.67. The summed E-state index contributed by atoms with van der Waals surface area (Å²) in [7, 11) is 0. The number of anilines is 1. The number of nitrogen functional groups attached to an aromatic ring is 1. The van der Waals surface area contributed by atoms with Crippen molar-refractivity contribution in [3.05, 3.63) is 46.6 Å². The molecule has 0 fully saturated rings. The van der Waals surface area contributed by atoms with Crippen molar-refractivity contribution in [2.24, 2.45) is 0 Å². The highest BCUT2D eigenvalue weighted by Gasteiger charge is 2.22. The van der Waals surface area contributed by atoms with Gasteiger partial charge in [0.15, 0.2) is 11.6 Å². The lowest BCUT2D eigenvalue weighted by molar-refractivity contribution is 0.437. The minimum atomic E-state index is -0.383. The van der Waals surface area contributed by atoms with Crippen molar-refractivity contribution < 1.29 is 8.91 Å². The molecular formula is C13H8ClFN2OS. The average molecular weight is 295 g/mol. The predicted molar refractivity (Wildman–Crippen MR) is 74.6 cm³/mol. The van der Waals surface area contributed by atoms with Gasteiger partial charge < -0.3 is 10.3 Å². The molecule has 0 spiro atoms. The Labute approximate surface area is 117 Å². The third-order valence-electron chi connectivity index (χ3n) is 2.69. The van der Waals surface area contributed by atoms with Crippen molar-refractivity contribution >= 4 is 28.8 Å². The fourth-order valence-corrected chi connectivity index (χ4v) is 2.96. The molecule has 3 nitrogen and oxygen atoms in total. The van der Waals surface area contributed by atoms with Gasteiger partial charge in [0.1, 0.15) is 5.82 Å². The standard InChI is InChI=1S/C13H8ClFN2OS/c14-8-5-6-19-12(8)11-10(13(16)17-18-11)7-3-1-2-4-9(7)15/h1-6H,(H2,16,17). The molecule has 0 atom stereocenters. The first-order chi connectivity index (χ1) is 9.18. The number of thiophene rings is 1. The Morgan fingerprint density at radius 3 is 2.74 bits per heavy atom. The van der Waals surface area contributed by atoms with E-state index in [1.807, 2.05) is 5.38 Å². The van der Waals surface area contributed by atoms with Gasteiger partial charge in [0.25, 0.3) is 0 Å². The van der Waals surface area contributed by atoms with Crippen LogP contribution in [-0.2, 0) is 0 Å². The number of nitrogens with zero attached hydrogens (tertiary/aromatic N) is 1. The number of aromatic nitrogens is 1. The normalized spacial score (nSPS) is 10.8. The number of hydrogen-bond donors (Lipinski definition) is 1. The topological polar surface area (TPSA) is 52.0 Å². The summed E-state index contributed by atoms with van der Waals surface area (Å²) in [5, 5.41) is 6.06. The summed E-state index contributed by atoms with van der Waals surface area (Å²) < 4.78 is 19.1. The van der Waals surface area contributed by atoms with Crippen LogP contribution in [0.4, 0.5) is 10.2 Å². The van der Waals surface area contributed by atoms with Gasteiger partial charge in [-0.15, -0.1) is 11.3 Å². The van der Waals surface area contributed by atoms with Gasteiger partial charge >= 0.3 is 0 Å². The molecule has 0 saturated carbocycles. The maximum Gasteiger partial charge on any atom is 0.188 e. The highest BCUT2D eigenvalue weighted by molar-refractivity contribution is 7.14. The Morgan fingerprint density at radius 2 is 2.05 bits per heavy atom. The quantitative estimate of drug-likeness (QED) is 0.760. The number of rotatable bonds is 2. The lowest BCUT2D eigenvalue weighted by Crippen LogP contribution is -1.91. The monoisotopic (exact) mass is 294 g/mol. The van der Waals surface area contributed by atoms with Crippen LogP contribution < -0.4 is 5.73 Å². The van der Waals surface area contributed by atoms with Gasteiger partial charge in [-0.05, 0) is 17.5 Å². The Kier molecular flexibility index (Phi) is 3.00. The van der Waals surface area contributed by atoms with Crippen LogP contribution in [0, 0.1) is 5.82 Å². The average Bonchev–Trinajstić information content (AvgIpc) is 2.96. The Balaban J connectivity index is 2.26. The zero-order valence-electron chi connectivity index (χ0n) is 9.56. The molecule has 0 unspecified atom stereocenters. The number of halogens is 2. The zero-order chi connectivity index (χ0) is 13.4. The van der Waals surface area contributed by atoms with Crippen molar-refractivity contribution in [2.75, 3.05) is 5.73 Å². The van der Waals surface area contributed by atoms with Gasteiger partial charge in [0.2, 0.25) is 0 Å². The van der Waals surface area contributed by atoms with E-state index < -0.39 is 0 Å². The number of benzene rings is 1. The molecule has 1 aromatic carbocycles. The Bertz CT molecular complexity index is 738. The Hall–Kier alpha value is -1.85. The highest BCUT2D eigenvalue weighted by atomic mass is 35.5. The summed E-state index contributed by atoms with van der Waals surface area (Å²) in [4.78, 5) is 0.684. The summed E-state index contributed by atoms with van der Waals surface area (Å²) in [6.45, 7) is 0. The molecule has 0 radical (unpaired) electrons. The smallest absolute Gasteiger partial charge is 0.188 e. The van der Waals surface area contributed by atoms with E-state index >= 15 is 0 Å². The second kappa shape index (κ2) is 4.68. The van der Waals surface area contributed by atoms with E-state index in [0.29, 0.717) is 26.8 Å². The summed E-state index contributed by atoms with van der Waals surface area (Å²) in [5.74, 6) is 0.151. The first-order valence-electron chi connectivity index (χ1n) is 5.42. The van der Waals surface area contributed by atoms with Crippen LogP contribution in [0.5, 0.6) is 0 Å². The third kappa shape index (κ3) is 2.01. The Morgan fingerprint density at radius 1 is 1.26 bits per heavy atom. The molecule has 3 rings (SSSR count). The van der Waals surface area contributed by atoms with E-state index in [9.17, 15) is 4.39 Å². The first kappa shape index (κ1) is 12.2. The molecule has 3 aromatic rings. The molecule has 19 heavy (non-hydrogen) atoms. The SMILES string of the molecule is Nc1noc(-c2sccc2Cl)c1-c1ccccc1F. The molecule has 2 N–H and O–H groups in total. The van der Waals surface area contributed by atoms with Crippen LogP contribution in [-0.4, -0.2) is 5.16 Å².